The fraction of sp³-hybridized carbons (Fsp3) is 0.100. The molecule has 3 heterocycles. The molecule has 134 valence electrons. The molecule has 0 unspecified atom stereocenters. The molecule has 0 aliphatic rings. The van der Waals surface area contributed by atoms with Crippen LogP contribution in [0.25, 0.3) is 16.2 Å². The van der Waals surface area contributed by atoms with Crippen LogP contribution in [0.4, 0.5) is 0 Å². The van der Waals surface area contributed by atoms with Crippen LogP contribution >= 0.6 is 11.3 Å². The van der Waals surface area contributed by atoms with Gasteiger partial charge in [0, 0.05) is 30.5 Å². The Bertz CT molecular complexity index is 1160. The number of rotatable bonds is 4. The standard InChI is InChI=1S/C20H16N4O2S/c1-13-2-4-15(5-3-13)17-12-27-20-23-11-16(19(26)24(17)20)18(25)22-10-14-6-8-21-9-7-14/h2-9,11-12H,10H2,1H3,(H,22,25). The summed E-state index contributed by atoms with van der Waals surface area (Å²) in [6.45, 7) is 2.33. The quantitative estimate of drug-likeness (QED) is 0.594. The summed E-state index contributed by atoms with van der Waals surface area (Å²) in [4.78, 5) is 34.3. The second-order valence-electron chi connectivity index (χ2n) is 6.12. The topological polar surface area (TPSA) is 76.4 Å². The molecule has 27 heavy (non-hydrogen) atoms. The average molecular weight is 376 g/mol. The third kappa shape index (κ3) is 3.37. The number of carbonyl (C=O) groups is 1. The number of aryl methyl sites for hydroxylation is 1. The molecule has 6 nitrogen and oxygen atoms in total. The number of thiazole rings is 1. The molecule has 1 aromatic carbocycles. The molecule has 7 heteroatoms. The van der Waals surface area contributed by atoms with Crippen molar-refractivity contribution in [3.8, 4) is 11.3 Å². The third-order valence-electron chi connectivity index (χ3n) is 4.24. The third-order valence-corrected chi connectivity index (χ3v) is 5.08. The van der Waals surface area contributed by atoms with E-state index >= 15 is 0 Å². The highest BCUT2D eigenvalue weighted by molar-refractivity contribution is 7.15. The number of pyridine rings is 1. The van der Waals surface area contributed by atoms with E-state index in [-0.39, 0.29) is 11.1 Å². The van der Waals surface area contributed by atoms with Gasteiger partial charge in [-0.25, -0.2) is 4.98 Å². The Kier molecular flexibility index (Phi) is 4.52. The lowest BCUT2D eigenvalue weighted by atomic mass is 10.1. The van der Waals surface area contributed by atoms with Gasteiger partial charge in [-0.15, -0.1) is 11.3 Å². The van der Waals surface area contributed by atoms with Crippen molar-refractivity contribution in [1.29, 1.82) is 0 Å². The predicted molar refractivity (Wildman–Crippen MR) is 105 cm³/mol. The number of benzene rings is 1. The van der Waals surface area contributed by atoms with Crippen LogP contribution in [0, 0.1) is 6.92 Å². The van der Waals surface area contributed by atoms with E-state index < -0.39 is 5.91 Å². The Morgan fingerprint density at radius 1 is 1.15 bits per heavy atom. The van der Waals surface area contributed by atoms with Gasteiger partial charge in [-0.05, 0) is 30.2 Å². The molecule has 0 aliphatic heterocycles. The molecular formula is C20H16N4O2S. The number of aromatic nitrogens is 3. The average Bonchev–Trinajstić information content (AvgIpc) is 3.13. The summed E-state index contributed by atoms with van der Waals surface area (Å²) < 4.78 is 1.50. The van der Waals surface area contributed by atoms with E-state index in [9.17, 15) is 9.59 Å². The smallest absolute Gasteiger partial charge is 0.271 e. The zero-order chi connectivity index (χ0) is 18.8. The van der Waals surface area contributed by atoms with Gasteiger partial charge in [-0.3, -0.25) is 19.0 Å². The van der Waals surface area contributed by atoms with Gasteiger partial charge in [-0.1, -0.05) is 29.8 Å². The summed E-state index contributed by atoms with van der Waals surface area (Å²) in [5.41, 5.74) is 3.34. The first-order valence-electron chi connectivity index (χ1n) is 8.37. The molecule has 4 rings (SSSR count). The fourth-order valence-corrected chi connectivity index (χ4v) is 3.61. The SMILES string of the molecule is Cc1ccc(-c2csc3ncc(C(=O)NCc4ccncc4)c(=O)n23)cc1. The van der Waals surface area contributed by atoms with Crippen molar-refractivity contribution in [3.63, 3.8) is 0 Å². The molecule has 0 saturated carbocycles. The summed E-state index contributed by atoms with van der Waals surface area (Å²) in [5.74, 6) is -0.445. The molecule has 0 saturated heterocycles. The molecule has 1 N–H and O–H groups in total. The maximum absolute atomic E-state index is 13.0. The maximum Gasteiger partial charge on any atom is 0.271 e. The first-order valence-corrected chi connectivity index (χ1v) is 9.25. The summed E-state index contributed by atoms with van der Waals surface area (Å²) in [6, 6.07) is 11.5. The number of nitrogens with zero attached hydrogens (tertiary/aromatic N) is 3. The van der Waals surface area contributed by atoms with E-state index in [1.165, 1.54) is 21.9 Å². The van der Waals surface area contributed by atoms with Crippen molar-refractivity contribution < 1.29 is 4.79 Å². The van der Waals surface area contributed by atoms with E-state index in [1.54, 1.807) is 12.4 Å². The maximum atomic E-state index is 13.0. The van der Waals surface area contributed by atoms with Crippen molar-refractivity contribution in [2.75, 3.05) is 0 Å². The van der Waals surface area contributed by atoms with Crippen LogP contribution in [-0.2, 0) is 6.54 Å². The Morgan fingerprint density at radius 3 is 2.63 bits per heavy atom. The van der Waals surface area contributed by atoms with E-state index in [2.05, 4.69) is 15.3 Å². The molecule has 1 amide bonds. The molecule has 4 aromatic rings. The number of hydrogen-bond donors (Lipinski definition) is 1. The van der Waals surface area contributed by atoms with Crippen LogP contribution in [0.15, 0.2) is 65.2 Å². The van der Waals surface area contributed by atoms with Crippen LogP contribution in [0.5, 0.6) is 0 Å². The Hall–Kier alpha value is -3.32. The number of amides is 1. The van der Waals surface area contributed by atoms with Gasteiger partial charge in [0.15, 0.2) is 4.96 Å². The lowest BCUT2D eigenvalue weighted by Crippen LogP contribution is -2.31. The highest BCUT2D eigenvalue weighted by atomic mass is 32.1. The minimum Gasteiger partial charge on any atom is -0.348 e. The largest absolute Gasteiger partial charge is 0.348 e. The van der Waals surface area contributed by atoms with Gasteiger partial charge in [0.05, 0.1) is 5.69 Å². The first-order chi connectivity index (χ1) is 13.1. The Balaban J connectivity index is 1.69. The minimum atomic E-state index is -0.445. The minimum absolute atomic E-state index is 0.0216. The lowest BCUT2D eigenvalue weighted by molar-refractivity contribution is 0.0949. The summed E-state index contributed by atoms with van der Waals surface area (Å²) in [7, 11) is 0. The van der Waals surface area contributed by atoms with Crippen LogP contribution in [0.2, 0.25) is 0 Å². The highest BCUT2D eigenvalue weighted by Crippen LogP contribution is 2.24. The van der Waals surface area contributed by atoms with Crippen LogP contribution in [-0.4, -0.2) is 20.3 Å². The van der Waals surface area contributed by atoms with Crippen molar-refractivity contribution >= 4 is 22.2 Å². The summed E-state index contributed by atoms with van der Waals surface area (Å²) in [5, 5.41) is 4.65. The number of carbonyl (C=O) groups excluding carboxylic acids is 1. The van der Waals surface area contributed by atoms with Gasteiger partial charge in [0.1, 0.15) is 5.56 Å². The number of nitrogens with one attached hydrogen (secondary N) is 1. The Labute approximate surface area is 159 Å². The van der Waals surface area contributed by atoms with E-state index in [1.807, 2.05) is 48.7 Å². The van der Waals surface area contributed by atoms with Crippen molar-refractivity contribution in [1.82, 2.24) is 19.7 Å². The second kappa shape index (κ2) is 7.13. The van der Waals surface area contributed by atoms with Gasteiger partial charge in [-0.2, -0.15) is 0 Å². The zero-order valence-electron chi connectivity index (χ0n) is 14.5. The van der Waals surface area contributed by atoms with Crippen LogP contribution < -0.4 is 10.9 Å². The van der Waals surface area contributed by atoms with Gasteiger partial charge < -0.3 is 5.32 Å². The molecule has 3 aromatic heterocycles. The van der Waals surface area contributed by atoms with Gasteiger partial charge in [0.25, 0.3) is 11.5 Å². The predicted octanol–water partition coefficient (Wildman–Crippen LogP) is 3.06. The summed E-state index contributed by atoms with van der Waals surface area (Å²) >= 11 is 1.37. The first kappa shape index (κ1) is 17.1. The number of hydrogen-bond acceptors (Lipinski definition) is 5. The zero-order valence-corrected chi connectivity index (χ0v) is 15.4. The van der Waals surface area contributed by atoms with Crippen molar-refractivity contribution in [2.45, 2.75) is 13.5 Å². The van der Waals surface area contributed by atoms with E-state index in [0.29, 0.717) is 11.5 Å². The van der Waals surface area contributed by atoms with Crippen molar-refractivity contribution in [3.05, 3.63) is 87.4 Å². The van der Waals surface area contributed by atoms with Crippen molar-refractivity contribution in [2.24, 2.45) is 0 Å². The molecule has 0 radical (unpaired) electrons. The lowest BCUT2D eigenvalue weighted by Gasteiger charge is -2.06. The van der Waals surface area contributed by atoms with Crippen LogP contribution in [0.3, 0.4) is 0 Å². The number of fused-ring (bicyclic) bond motifs is 1. The monoisotopic (exact) mass is 376 g/mol. The fourth-order valence-electron chi connectivity index (χ4n) is 2.75. The molecule has 0 atom stereocenters. The van der Waals surface area contributed by atoms with Crippen LogP contribution in [0.1, 0.15) is 21.5 Å². The van der Waals surface area contributed by atoms with E-state index in [4.69, 9.17) is 0 Å². The highest BCUT2D eigenvalue weighted by Gasteiger charge is 2.17. The molecule has 0 aliphatic carbocycles. The summed E-state index contributed by atoms with van der Waals surface area (Å²) in [6.07, 6.45) is 4.65. The molecule has 0 fully saturated rings. The van der Waals surface area contributed by atoms with E-state index in [0.717, 1.165) is 22.4 Å². The second-order valence-corrected chi connectivity index (χ2v) is 6.96. The molecule has 0 spiro atoms. The van der Waals surface area contributed by atoms with Gasteiger partial charge in [0.2, 0.25) is 0 Å². The van der Waals surface area contributed by atoms with Gasteiger partial charge >= 0.3 is 0 Å². The molecular weight excluding hydrogens is 360 g/mol. The molecule has 0 bridgehead atoms. The normalized spacial score (nSPS) is 10.9. The Morgan fingerprint density at radius 2 is 1.89 bits per heavy atom.